The summed E-state index contributed by atoms with van der Waals surface area (Å²) < 4.78 is 18.0. The molecule has 0 bridgehead atoms. The van der Waals surface area contributed by atoms with Gasteiger partial charge in [0.25, 0.3) is 0 Å². The first-order valence-corrected chi connectivity index (χ1v) is 12.0. The Kier molecular flexibility index (Phi) is 10.8. The number of rotatable bonds is 16. The molecule has 1 aromatic carbocycles. The number of hydrogen-bond donors (Lipinski definition) is 4. The predicted octanol–water partition coefficient (Wildman–Crippen LogP) is 0.318. The van der Waals surface area contributed by atoms with Crippen LogP contribution in [0, 0.1) is 0 Å². The van der Waals surface area contributed by atoms with Crippen LogP contribution in [0.15, 0.2) is 24.3 Å². The number of imidazole rings is 1. The molecule has 12 heteroatoms. The SMILES string of the molecule is CCOCc1nc2c(N)nc3ccccc3c2n1CCCNC(=O)COCC(=O)NCCOCCN. The van der Waals surface area contributed by atoms with E-state index in [0.717, 1.165) is 22.2 Å². The molecule has 0 fully saturated rings. The summed E-state index contributed by atoms with van der Waals surface area (Å²) in [6, 6.07) is 7.78. The minimum absolute atomic E-state index is 0.200. The number of nitrogens with two attached hydrogens (primary N) is 2. The first-order chi connectivity index (χ1) is 17.5. The first kappa shape index (κ1) is 27.3. The van der Waals surface area contributed by atoms with Crippen LogP contribution in [0.25, 0.3) is 21.9 Å². The van der Waals surface area contributed by atoms with Crippen LogP contribution >= 0.6 is 0 Å². The fraction of sp³-hybridized carbons (Fsp3) is 0.500. The van der Waals surface area contributed by atoms with Crippen LogP contribution in [0.1, 0.15) is 19.2 Å². The summed E-state index contributed by atoms with van der Waals surface area (Å²) in [5.74, 6) is 0.524. The Hall–Kier alpha value is -3.32. The molecule has 3 rings (SSSR count). The van der Waals surface area contributed by atoms with E-state index in [0.29, 0.717) is 70.4 Å². The second-order valence-corrected chi connectivity index (χ2v) is 7.98. The largest absolute Gasteiger partial charge is 0.382 e. The lowest BCUT2D eigenvalue weighted by Gasteiger charge is -2.12. The lowest BCUT2D eigenvalue weighted by molar-refractivity contribution is -0.131. The average Bonchev–Trinajstić information content (AvgIpc) is 3.24. The molecule has 0 aliphatic heterocycles. The number of amides is 2. The Morgan fingerprint density at radius 1 is 1.00 bits per heavy atom. The van der Waals surface area contributed by atoms with Crippen molar-refractivity contribution in [3.05, 3.63) is 30.1 Å². The van der Waals surface area contributed by atoms with Gasteiger partial charge in [0.05, 0.1) is 24.2 Å². The number of hydrogen-bond acceptors (Lipinski definition) is 9. The van der Waals surface area contributed by atoms with Crippen molar-refractivity contribution in [2.45, 2.75) is 26.5 Å². The molecule has 12 nitrogen and oxygen atoms in total. The quantitative estimate of drug-likeness (QED) is 0.202. The van der Waals surface area contributed by atoms with Crippen LogP contribution in [0.5, 0.6) is 0 Å². The van der Waals surface area contributed by atoms with Gasteiger partial charge in [0.15, 0.2) is 5.82 Å². The van der Waals surface area contributed by atoms with Gasteiger partial charge in [-0.2, -0.15) is 0 Å². The van der Waals surface area contributed by atoms with Crippen molar-refractivity contribution in [1.29, 1.82) is 0 Å². The van der Waals surface area contributed by atoms with E-state index in [2.05, 4.69) is 20.2 Å². The van der Waals surface area contributed by atoms with Crippen molar-refractivity contribution < 1.29 is 23.8 Å². The third kappa shape index (κ3) is 7.59. The highest BCUT2D eigenvalue weighted by molar-refractivity contribution is 6.06. The average molecular weight is 502 g/mol. The Balaban J connectivity index is 1.50. The Labute approximate surface area is 209 Å². The van der Waals surface area contributed by atoms with E-state index in [-0.39, 0.29) is 25.0 Å². The number of ether oxygens (including phenoxy) is 3. The summed E-state index contributed by atoms with van der Waals surface area (Å²) in [4.78, 5) is 33.0. The second-order valence-electron chi connectivity index (χ2n) is 7.98. The molecule has 2 amide bonds. The third-order valence-corrected chi connectivity index (χ3v) is 5.30. The lowest BCUT2D eigenvalue weighted by atomic mass is 10.2. The number of nitrogens with one attached hydrogen (secondary N) is 2. The van der Waals surface area contributed by atoms with Gasteiger partial charge in [0.1, 0.15) is 31.2 Å². The van der Waals surface area contributed by atoms with Crippen LogP contribution in [-0.2, 0) is 37.0 Å². The summed E-state index contributed by atoms with van der Waals surface area (Å²) in [6.45, 7) is 5.08. The van der Waals surface area contributed by atoms with E-state index in [9.17, 15) is 9.59 Å². The van der Waals surface area contributed by atoms with Crippen LogP contribution in [-0.4, -0.2) is 79.0 Å². The number of carbonyl (C=O) groups is 2. The number of nitrogen functional groups attached to an aromatic ring is 1. The maximum absolute atomic E-state index is 12.1. The summed E-state index contributed by atoms with van der Waals surface area (Å²) in [5.41, 5.74) is 13.9. The molecule has 0 saturated heterocycles. The third-order valence-electron chi connectivity index (χ3n) is 5.30. The summed E-state index contributed by atoms with van der Waals surface area (Å²) in [6.07, 6.45) is 0.649. The molecule has 0 aliphatic carbocycles. The normalized spacial score (nSPS) is 11.3. The van der Waals surface area contributed by atoms with Gasteiger partial charge < -0.3 is 40.9 Å². The standard InChI is InChI=1S/C24H35N7O5/c1-2-34-14-19-30-22-23(17-6-3-4-7-18(17)29-24(22)26)31(19)11-5-9-27-20(32)15-36-16-21(33)28-10-13-35-12-8-25/h3-4,6-7H,2,5,8-16,25H2,1H3,(H2,26,29)(H,27,32)(H,28,33). The molecular formula is C24H35N7O5. The van der Waals surface area contributed by atoms with Crippen LogP contribution in [0.3, 0.4) is 0 Å². The van der Waals surface area contributed by atoms with Gasteiger partial charge in [0, 0.05) is 38.2 Å². The van der Waals surface area contributed by atoms with Gasteiger partial charge in [-0.05, 0) is 19.4 Å². The van der Waals surface area contributed by atoms with Crippen molar-refractivity contribution in [3.63, 3.8) is 0 Å². The molecule has 0 atom stereocenters. The summed E-state index contributed by atoms with van der Waals surface area (Å²) in [7, 11) is 0. The Morgan fingerprint density at radius 3 is 2.50 bits per heavy atom. The molecule has 36 heavy (non-hydrogen) atoms. The van der Waals surface area contributed by atoms with Crippen molar-refractivity contribution in [1.82, 2.24) is 25.2 Å². The number of carbonyl (C=O) groups excluding carboxylic acids is 2. The van der Waals surface area contributed by atoms with Gasteiger partial charge in [-0.25, -0.2) is 9.97 Å². The predicted molar refractivity (Wildman–Crippen MR) is 136 cm³/mol. The molecule has 0 radical (unpaired) electrons. The number of nitrogens with zero attached hydrogens (tertiary/aromatic N) is 3. The molecule has 2 aromatic heterocycles. The van der Waals surface area contributed by atoms with Gasteiger partial charge in [-0.15, -0.1) is 0 Å². The van der Waals surface area contributed by atoms with Crippen molar-refractivity contribution in [2.75, 3.05) is 58.4 Å². The van der Waals surface area contributed by atoms with Gasteiger partial charge in [-0.3, -0.25) is 9.59 Å². The summed E-state index contributed by atoms with van der Waals surface area (Å²) >= 11 is 0. The fourth-order valence-corrected chi connectivity index (χ4v) is 3.70. The highest BCUT2D eigenvalue weighted by Gasteiger charge is 2.17. The van der Waals surface area contributed by atoms with Crippen molar-refractivity contribution in [3.8, 4) is 0 Å². The molecule has 2 heterocycles. The highest BCUT2D eigenvalue weighted by atomic mass is 16.5. The van der Waals surface area contributed by atoms with Crippen LogP contribution in [0.2, 0.25) is 0 Å². The Morgan fingerprint density at radius 2 is 1.75 bits per heavy atom. The topological polar surface area (TPSA) is 169 Å². The highest BCUT2D eigenvalue weighted by Crippen LogP contribution is 2.29. The summed E-state index contributed by atoms with van der Waals surface area (Å²) in [5, 5.41) is 6.41. The van der Waals surface area contributed by atoms with Gasteiger partial charge in [0.2, 0.25) is 11.8 Å². The number of fused-ring (bicyclic) bond motifs is 3. The van der Waals surface area contributed by atoms with E-state index < -0.39 is 0 Å². The maximum Gasteiger partial charge on any atom is 0.246 e. The van der Waals surface area contributed by atoms with E-state index in [1.54, 1.807) is 0 Å². The maximum atomic E-state index is 12.1. The first-order valence-electron chi connectivity index (χ1n) is 12.0. The molecule has 0 aliphatic rings. The molecule has 196 valence electrons. The zero-order valence-corrected chi connectivity index (χ0v) is 20.6. The monoisotopic (exact) mass is 501 g/mol. The van der Waals surface area contributed by atoms with E-state index >= 15 is 0 Å². The molecule has 6 N–H and O–H groups in total. The van der Waals surface area contributed by atoms with Crippen LogP contribution in [0.4, 0.5) is 5.82 Å². The number of benzene rings is 1. The minimum Gasteiger partial charge on any atom is -0.382 e. The second kappa shape index (κ2) is 14.3. The fourth-order valence-electron chi connectivity index (χ4n) is 3.70. The number of pyridine rings is 1. The van der Waals surface area contributed by atoms with Crippen LogP contribution < -0.4 is 22.1 Å². The molecule has 0 saturated carbocycles. The van der Waals surface area contributed by atoms with Gasteiger partial charge in [-0.1, -0.05) is 18.2 Å². The molecule has 0 spiro atoms. The smallest absolute Gasteiger partial charge is 0.246 e. The van der Waals surface area contributed by atoms with E-state index in [1.807, 2.05) is 31.2 Å². The van der Waals surface area contributed by atoms with E-state index in [4.69, 9.17) is 30.7 Å². The molecule has 0 unspecified atom stereocenters. The molecular weight excluding hydrogens is 466 g/mol. The zero-order chi connectivity index (χ0) is 25.8. The molecule has 3 aromatic rings. The number of aromatic nitrogens is 3. The lowest BCUT2D eigenvalue weighted by Crippen LogP contribution is -2.34. The Bertz CT molecular complexity index is 1150. The zero-order valence-electron chi connectivity index (χ0n) is 20.6. The number of anilines is 1. The number of para-hydroxylation sites is 1. The minimum atomic E-state index is -0.311. The van der Waals surface area contributed by atoms with Gasteiger partial charge >= 0.3 is 0 Å². The number of aryl methyl sites for hydroxylation is 1. The van der Waals surface area contributed by atoms with Crippen molar-refractivity contribution >= 4 is 39.6 Å². The van der Waals surface area contributed by atoms with E-state index in [1.165, 1.54) is 0 Å². The van der Waals surface area contributed by atoms with Crippen molar-refractivity contribution in [2.24, 2.45) is 5.73 Å².